The highest BCUT2D eigenvalue weighted by Crippen LogP contribution is 2.23. The number of carbonyl (C=O) groups is 1. The molecule has 7 heteroatoms. The summed E-state index contributed by atoms with van der Waals surface area (Å²) in [6, 6.07) is 14.7. The summed E-state index contributed by atoms with van der Waals surface area (Å²) in [7, 11) is 0. The zero-order valence-corrected chi connectivity index (χ0v) is 14.7. The Balaban J connectivity index is 1.44. The SMILES string of the molecule is O=C(Nc1ccc(N2CCCC2)cc1)c1nnc(-c2ccc(Cl)cc2)o1. The fourth-order valence-corrected chi connectivity index (χ4v) is 3.07. The number of nitrogens with one attached hydrogen (secondary N) is 1. The fraction of sp³-hybridized carbons (Fsp3) is 0.211. The molecule has 132 valence electrons. The molecule has 1 N–H and O–H groups in total. The highest BCUT2D eigenvalue weighted by molar-refractivity contribution is 6.30. The first-order valence-corrected chi connectivity index (χ1v) is 8.83. The number of aromatic nitrogens is 2. The molecule has 1 aromatic heterocycles. The molecule has 0 saturated carbocycles. The minimum atomic E-state index is -0.438. The van der Waals surface area contributed by atoms with Crippen LogP contribution < -0.4 is 10.2 Å². The molecule has 6 nitrogen and oxygen atoms in total. The van der Waals surface area contributed by atoms with Crippen molar-refractivity contribution < 1.29 is 9.21 Å². The maximum Gasteiger partial charge on any atom is 0.313 e. The number of rotatable bonds is 4. The van der Waals surface area contributed by atoms with Gasteiger partial charge < -0.3 is 14.6 Å². The Kier molecular flexibility index (Phi) is 4.58. The summed E-state index contributed by atoms with van der Waals surface area (Å²) in [5.41, 5.74) is 2.56. The molecule has 0 spiro atoms. The standard InChI is InChI=1S/C19H17ClN4O2/c20-14-5-3-13(4-6-14)18-22-23-19(26-18)17(25)21-15-7-9-16(10-8-15)24-11-1-2-12-24/h3-10H,1-2,11-12H2,(H,21,25). The molecule has 0 atom stereocenters. The van der Waals surface area contributed by atoms with Gasteiger partial charge in [-0.25, -0.2) is 0 Å². The highest BCUT2D eigenvalue weighted by Gasteiger charge is 2.17. The van der Waals surface area contributed by atoms with Crippen molar-refractivity contribution in [2.45, 2.75) is 12.8 Å². The summed E-state index contributed by atoms with van der Waals surface area (Å²) < 4.78 is 5.46. The molecule has 3 aromatic rings. The van der Waals surface area contributed by atoms with E-state index in [1.807, 2.05) is 24.3 Å². The molecule has 1 fully saturated rings. The minimum absolute atomic E-state index is 0.0847. The van der Waals surface area contributed by atoms with Gasteiger partial charge in [-0.15, -0.1) is 10.2 Å². The molecular formula is C19H17ClN4O2. The van der Waals surface area contributed by atoms with Gasteiger partial charge in [0.2, 0.25) is 5.89 Å². The second kappa shape index (κ2) is 7.17. The maximum absolute atomic E-state index is 12.3. The first-order chi connectivity index (χ1) is 12.7. The number of hydrogen-bond acceptors (Lipinski definition) is 5. The van der Waals surface area contributed by atoms with Crippen LogP contribution in [0.25, 0.3) is 11.5 Å². The number of carbonyl (C=O) groups excluding carboxylic acids is 1. The summed E-state index contributed by atoms with van der Waals surface area (Å²) in [5.74, 6) is -0.249. The second-order valence-electron chi connectivity index (χ2n) is 6.11. The fourth-order valence-electron chi connectivity index (χ4n) is 2.94. The van der Waals surface area contributed by atoms with Crippen LogP contribution in [0.1, 0.15) is 23.5 Å². The van der Waals surface area contributed by atoms with Gasteiger partial charge in [-0.2, -0.15) is 0 Å². The Bertz CT molecular complexity index is 900. The summed E-state index contributed by atoms with van der Waals surface area (Å²) in [4.78, 5) is 14.7. The van der Waals surface area contributed by atoms with Gasteiger partial charge in [-0.05, 0) is 61.4 Å². The van der Waals surface area contributed by atoms with Crippen LogP contribution in [0, 0.1) is 0 Å². The number of halogens is 1. The molecule has 4 rings (SSSR count). The molecule has 1 amide bonds. The number of hydrogen-bond donors (Lipinski definition) is 1. The Morgan fingerprint density at radius 2 is 1.69 bits per heavy atom. The van der Waals surface area contributed by atoms with Gasteiger partial charge >= 0.3 is 11.8 Å². The Morgan fingerprint density at radius 1 is 1.00 bits per heavy atom. The maximum atomic E-state index is 12.3. The third kappa shape index (κ3) is 3.55. The molecule has 2 aromatic carbocycles. The Hall–Kier alpha value is -2.86. The molecule has 0 radical (unpaired) electrons. The lowest BCUT2D eigenvalue weighted by molar-refractivity contribution is 0.0991. The van der Waals surface area contributed by atoms with Crippen LogP contribution >= 0.6 is 11.6 Å². The average molecular weight is 369 g/mol. The van der Waals surface area contributed by atoms with E-state index in [0.29, 0.717) is 16.3 Å². The van der Waals surface area contributed by atoms with Crippen molar-refractivity contribution in [2.24, 2.45) is 0 Å². The molecule has 1 saturated heterocycles. The Labute approximate surface area is 155 Å². The summed E-state index contributed by atoms with van der Waals surface area (Å²) in [6.07, 6.45) is 2.46. The normalized spacial score (nSPS) is 13.8. The summed E-state index contributed by atoms with van der Waals surface area (Å²) in [5, 5.41) is 11.1. The zero-order valence-electron chi connectivity index (χ0n) is 14.0. The van der Waals surface area contributed by atoms with Crippen LogP contribution in [0.3, 0.4) is 0 Å². The first-order valence-electron chi connectivity index (χ1n) is 8.45. The van der Waals surface area contributed by atoms with Crippen molar-refractivity contribution in [3.63, 3.8) is 0 Å². The number of amides is 1. The number of benzene rings is 2. The summed E-state index contributed by atoms with van der Waals surface area (Å²) >= 11 is 5.86. The van der Waals surface area contributed by atoms with E-state index in [4.69, 9.17) is 16.0 Å². The smallest absolute Gasteiger partial charge is 0.313 e. The van der Waals surface area contributed by atoms with Crippen LogP contribution in [-0.2, 0) is 0 Å². The quantitative estimate of drug-likeness (QED) is 0.745. The van der Waals surface area contributed by atoms with E-state index in [1.165, 1.54) is 18.5 Å². The highest BCUT2D eigenvalue weighted by atomic mass is 35.5. The van der Waals surface area contributed by atoms with Crippen LogP contribution in [0.4, 0.5) is 11.4 Å². The van der Waals surface area contributed by atoms with Gasteiger partial charge in [0, 0.05) is 35.1 Å². The van der Waals surface area contributed by atoms with Crippen molar-refractivity contribution >= 4 is 28.9 Å². The first kappa shape index (κ1) is 16.6. The second-order valence-corrected chi connectivity index (χ2v) is 6.55. The van der Waals surface area contributed by atoms with E-state index in [-0.39, 0.29) is 11.8 Å². The van der Waals surface area contributed by atoms with E-state index in [9.17, 15) is 4.79 Å². The van der Waals surface area contributed by atoms with Crippen molar-refractivity contribution in [1.82, 2.24) is 10.2 Å². The lowest BCUT2D eigenvalue weighted by Gasteiger charge is -2.17. The monoisotopic (exact) mass is 368 g/mol. The van der Waals surface area contributed by atoms with E-state index in [1.54, 1.807) is 24.3 Å². The van der Waals surface area contributed by atoms with Crippen LogP contribution in [0.15, 0.2) is 52.9 Å². The molecule has 2 heterocycles. The minimum Gasteiger partial charge on any atom is -0.412 e. The van der Waals surface area contributed by atoms with Gasteiger partial charge in [0.05, 0.1) is 0 Å². The van der Waals surface area contributed by atoms with Gasteiger partial charge in [-0.1, -0.05) is 11.6 Å². The van der Waals surface area contributed by atoms with Crippen LogP contribution in [0.2, 0.25) is 5.02 Å². The number of anilines is 2. The lowest BCUT2D eigenvalue weighted by atomic mass is 10.2. The molecular weight excluding hydrogens is 352 g/mol. The van der Waals surface area contributed by atoms with E-state index in [0.717, 1.165) is 13.1 Å². The third-order valence-electron chi connectivity index (χ3n) is 4.31. The molecule has 26 heavy (non-hydrogen) atoms. The number of nitrogens with zero attached hydrogens (tertiary/aromatic N) is 3. The molecule has 0 bridgehead atoms. The molecule has 0 aliphatic carbocycles. The molecule has 0 unspecified atom stereocenters. The summed E-state index contributed by atoms with van der Waals surface area (Å²) in [6.45, 7) is 2.17. The van der Waals surface area contributed by atoms with E-state index < -0.39 is 5.91 Å². The lowest BCUT2D eigenvalue weighted by Crippen LogP contribution is -2.17. The van der Waals surface area contributed by atoms with Crippen molar-refractivity contribution in [2.75, 3.05) is 23.3 Å². The van der Waals surface area contributed by atoms with E-state index in [2.05, 4.69) is 20.4 Å². The molecule has 1 aliphatic heterocycles. The van der Waals surface area contributed by atoms with Crippen molar-refractivity contribution in [3.8, 4) is 11.5 Å². The zero-order chi connectivity index (χ0) is 17.9. The van der Waals surface area contributed by atoms with Gasteiger partial charge in [0.15, 0.2) is 0 Å². The van der Waals surface area contributed by atoms with Crippen LogP contribution in [-0.4, -0.2) is 29.2 Å². The predicted molar refractivity (Wildman–Crippen MR) is 101 cm³/mol. The van der Waals surface area contributed by atoms with Gasteiger partial charge in [-0.3, -0.25) is 4.79 Å². The van der Waals surface area contributed by atoms with Crippen molar-refractivity contribution in [3.05, 3.63) is 59.4 Å². The van der Waals surface area contributed by atoms with Crippen LogP contribution in [0.5, 0.6) is 0 Å². The predicted octanol–water partition coefficient (Wildman–Crippen LogP) is 4.24. The Morgan fingerprint density at radius 3 is 2.38 bits per heavy atom. The molecule has 1 aliphatic rings. The van der Waals surface area contributed by atoms with E-state index >= 15 is 0 Å². The van der Waals surface area contributed by atoms with Gasteiger partial charge in [0.1, 0.15) is 0 Å². The average Bonchev–Trinajstić information content (AvgIpc) is 3.35. The van der Waals surface area contributed by atoms with Gasteiger partial charge in [0.25, 0.3) is 0 Å². The topological polar surface area (TPSA) is 71.3 Å². The van der Waals surface area contributed by atoms with Crippen molar-refractivity contribution in [1.29, 1.82) is 0 Å². The largest absolute Gasteiger partial charge is 0.412 e. The third-order valence-corrected chi connectivity index (χ3v) is 4.56.